The van der Waals surface area contributed by atoms with Crippen LogP contribution in [0.2, 0.25) is 0 Å². The van der Waals surface area contributed by atoms with E-state index in [1.165, 1.54) is 0 Å². The van der Waals surface area contributed by atoms with Gasteiger partial charge in [0.1, 0.15) is 5.82 Å². The third kappa shape index (κ3) is 3.37. The first kappa shape index (κ1) is 19.1. The molecule has 148 valence electrons. The summed E-state index contributed by atoms with van der Waals surface area (Å²) in [6, 6.07) is 12.0. The van der Waals surface area contributed by atoms with Gasteiger partial charge in [-0.25, -0.2) is 4.68 Å². The summed E-state index contributed by atoms with van der Waals surface area (Å²) in [6.45, 7) is 9.87. The van der Waals surface area contributed by atoms with E-state index in [9.17, 15) is 9.59 Å². The van der Waals surface area contributed by atoms with Gasteiger partial charge in [0, 0.05) is 17.5 Å². The van der Waals surface area contributed by atoms with Crippen molar-refractivity contribution in [2.75, 3.05) is 5.32 Å². The molecule has 0 aliphatic carbocycles. The second-order valence-corrected chi connectivity index (χ2v) is 8.09. The van der Waals surface area contributed by atoms with E-state index in [-0.39, 0.29) is 18.1 Å². The zero-order chi connectivity index (χ0) is 20.9. The standard InChI is InChI=1S/C24H25N3O2/c1-13-6-7-16(4)19(11-13)23(29)20-12-21(28)25-24-22(20)17(5)26-27(24)18-9-14(2)8-15(3)10-18/h6-11,20H,12H2,1-5H3,(H,25,28). The fraction of sp³-hybridized carbons (Fsp3) is 0.292. The Kier molecular flexibility index (Phi) is 4.61. The van der Waals surface area contributed by atoms with E-state index < -0.39 is 5.92 Å². The molecule has 0 fully saturated rings. The van der Waals surface area contributed by atoms with Gasteiger partial charge in [-0.15, -0.1) is 0 Å². The Morgan fingerprint density at radius 2 is 1.69 bits per heavy atom. The molecule has 1 aliphatic rings. The Bertz CT molecular complexity index is 1140. The summed E-state index contributed by atoms with van der Waals surface area (Å²) >= 11 is 0. The minimum absolute atomic E-state index is 0.0228. The molecule has 1 aromatic heterocycles. The van der Waals surface area contributed by atoms with Gasteiger partial charge in [-0.1, -0.05) is 23.8 Å². The number of rotatable bonds is 3. The molecule has 5 nitrogen and oxygen atoms in total. The Morgan fingerprint density at radius 3 is 2.38 bits per heavy atom. The first-order valence-electron chi connectivity index (χ1n) is 9.84. The molecule has 29 heavy (non-hydrogen) atoms. The minimum atomic E-state index is -0.529. The quantitative estimate of drug-likeness (QED) is 0.661. The molecular formula is C24H25N3O2. The van der Waals surface area contributed by atoms with Crippen molar-refractivity contribution in [1.29, 1.82) is 0 Å². The van der Waals surface area contributed by atoms with Crippen LogP contribution in [-0.2, 0) is 4.79 Å². The highest BCUT2D eigenvalue weighted by Crippen LogP contribution is 2.38. The first-order chi connectivity index (χ1) is 13.7. The molecule has 2 heterocycles. The number of hydrogen-bond donors (Lipinski definition) is 1. The fourth-order valence-corrected chi connectivity index (χ4v) is 4.22. The van der Waals surface area contributed by atoms with E-state index in [1.54, 1.807) is 4.68 Å². The zero-order valence-corrected chi connectivity index (χ0v) is 17.5. The smallest absolute Gasteiger partial charge is 0.226 e. The predicted molar refractivity (Wildman–Crippen MR) is 114 cm³/mol. The van der Waals surface area contributed by atoms with Gasteiger partial charge in [-0.3, -0.25) is 9.59 Å². The van der Waals surface area contributed by atoms with Crippen molar-refractivity contribution in [3.8, 4) is 5.69 Å². The molecule has 1 aliphatic heterocycles. The molecule has 5 heteroatoms. The molecule has 1 amide bonds. The van der Waals surface area contributed by atoms with Crippen molar-refractivity contribution in [3.63, 3.8) is 0 Å². The number of carbonyl (C=O) groups is 2. The van der Waals surface area contributed by atoms with E-state index in [2.05, 4.69) is 11.4 Å². The number of amides is 1. The molecule has 1 atom stereocenters. The van der Waals surface area contributed by atoms with Crippen LogP contribution < -0.4 is 5.32 Å². The van der Waals surface area contributed by atoms with Crippen molar-refractivity contribution in [2.24, 2.45) is 0 Å². The second kappa shape index (κ2) is 6.99. The van der Waals surface area contributed by atoms with Crippen LogP contribution in [0, 0.1) is 34.6 Å². The fourth-order valence-electron chi connectivity index (χ4n) is 4.22. The minimum Gasteiger partial charge on any atom is -0.310 e. The van der Waals surface area contributed by atoms with Crippen LogP contribution in [0.5, 0.6) is 0 Å². The largest absolute Gasteiger partial charge is 0.310 e. The van der Waals surface area contributed by atoms with E-state index in [1.807, 2.05) is 65.0 Å². The number of aromatic nitrogens is 2. The SMILES string of the molecule is Cc1cc(C)cc(-n2nc(C)c3c2NC(=O)CC3C(=O)c2cc(C)ccc2C)c1. The van der Waals surface area contributed by atoms with Crippen LogP contribution in [0.3, 0.4) is 0 Å². The van der Waals surface area contributed by atoms with Gasteiger partial charge in [0.25, 0.3) is 0 Å². The number of carbonyl (C=O) groups excluding carboxylic acids is 2. The Balaban J connectivity index is 1.86. The van der Waals surface area contributed by atoms with Gasteiger partial charge in [0.05, 0.1) is 17.3 Å². The molecule has 2 aromatic carbocycles. The summed E-state index contributed by atoms with van der Waals surface area (Å²) in [5, 5.41) is 7.65. The first-order valence-corrected chi connectivity index (χ1v) is 9.84. The molecule has 4 rings (SSSR count). The molecule has 0 saturated heterocycles. The number of Topliss-reactive ketones (excluding diaryl/α,β-unsaturated/α-hetero) is 1. The molecule has 0 spiro atoms. The van der Waals surface area contributed by atoms with Crippen LogP contribution in [-0.4, -0.2) is 21.5 Å². The molecule has 0 bridgehead atoms. The van der Waals surface area contributed by atoms with Gasteiger partial charge in [0.2, 0.25) is 5.91 Å². The maximum Gasteiger partial charge on any atom is 0.226 e. The van der Waals surface area contributed by atoms with E-state index in [0.29, 0.717) is 11.4 Å². The summed E-state index contributed by atoms with van der Waals surface area (Å²) in [5.41, 5.74) is 7.33. The highest BCUT2D eigenvalue weighted by molar-refractivity contribution is 6.08. The summed E-state index contributed by atoms with van der Waals surface area (Å²) in [4.78, 5) is 26.0. The van der Waals surface area contributed by atoms with Crippen LogP contribution >= 0.6 is 0 Å². The number of nitrogens with zero attached hydrogens (tertiary/aromatic N) is 2. The number of anilines is 1. The van der Waals surface area contributed by atoms with Crippen LogP contribution in [0.25, 0.3) is 5.69 Å². The van der Waals surface area contributed by atoms with Gasteiger partial charge in [-0.2, -0.15) is 5.10 Å². The van der Waals surface area contributed by atoms with Crippen LogP contribution in [0.15, 0.2) is 36.4 Å². The number of ketones is 1. The lowest BCUT2D eigenvalue weighted by Gasteiger charge is -2.24. The lowest BCUT2D eigenvalue weighted by Crippen LogP contribution is -2.28. The molecule has 0 radical (unpaired) electrons. The molecule has 3 aromatic rings. The van der Waals surface area contributed by atoms with Gasteiger partial charge in [-0.05, 0) is 69.5 Å². The number of aryl methyl sites for hydroxylation is 5. The number of hydrogen-bond acceptors (Lipinski definition) is 3. The third-order valence-corrected chi connectivity index (χ3v) is 5.53. The van der Waals surface area contributed by atoms with E-state index in [0.717, 1.165) is 39.2 Å². The maximum absolute atomic E-state index is 13.5. The average Bonchev–Trinajstić information content (AvgIpc) is 2.98. The Hall–Kier alpha value is -3.21. The predicted octanol–water partition coefficient (Wildman–Crippen LogP) is 4.72. The van der Waals surface area contributed by atoms with Crippen molar-refractivity contribution >= 4 is 17.5 Å². The molecule has 0 saturated carbocycles. The van der Waals surface area contributed by atoms with Crippen LogP contribution in [0.4, 0.5) is 5.82 Å². The van der Waals surface area contributed by atoms with Gasteiger partial charge < -0.3 is 5.32 Å². The number of benzene rings is 2. The molecular weight excluding hydrogens is 362 g/mol. The van der Waals surface area contributed by atoms with E-state index >= 15 is 0 Å². The average molecular weight is 387 g/mol. The van der Waals surface area contributed by atoms with Crippen molar-refractivity contribution in [1.82, 2.24) is 9.78 Å². The van der Waals surface area contributed by atoms with Gasteiger partial charge >= 0.3 is 0 Å². The molecule has 1 unspecified atom stereocenters. The summed E-state index contributed by atoms with van der Waals surface area (Å²) in [6.07, 6.45) is 0.137. The van der Waals surface area contributed by atoms with Crippen molar-refractivity contribution in [2.45, 2.75) is 47.0 Å². The Morgan fingerprint density at radius 1 is 1.00 bits per heavy atom. The summed E-state index contributed by atoms with van der Waals surface area (Å²) in [5.74, 6) is -0.108. The lowest BCUT2D eigenvalue weighted by molar-refractivity contribution is -0.116. The third-order valence-electron chi connectivity index (χ3n) is 5.53. The monoisotopic (exact) mass is 387 g/mol. The van der Waals surface area contributed by atoms with Crippen molar-refractivity contribution in [3.05, 3.63) is 75.5 Å². The maximum atomic E-state index is 13.5. The summed E-state index contributed by atoms with van der Waals surface area (Å²) < 4.78 is 1.76. The van der Waals surface area contributed by atoms with Gasteiger partial charge in [0.15, 0.2) is 5.78 Å². The topological polar surface area (TPSA) is 64.0 Å². The van der Waals surface area contributed by atoms with Crippen LogP contribution in [0.1, 0.15) is 56.2 Å². The zero-order valence-electron chi connectivity index (χ0n) is 17.5. The lowest BCUT2D eigenvalue weighted by atomic mass is 9.84. The summed E-state index contributed by atoms with van der Waals surface area (Å²) in [7, 11) is 0. The highest BCUT2D eigenvalue weighted by Gasteiger charge is 2.36. The van der Waals surface area contributed by atoms with E-state index in [4.69, 9.17) is 5.10 Å². The number of nitrogens with one attached hydrogen (secondary N) is 1. The second-order valence-electron chi connectivity index (χ2n) is 8.09. The normalized spacial score (nSPS) is 15.8. The Labute approximate surface area is 170 Å². The number of fused-ring (bicyclic) bond motifs is 1. The highest BCUT2D eigenvalue weighted by atomic mass is 16.2. The molecule has 1 N–H and O–H groups in total. The van der Waals surface area contributed by atoms with Crippen molar-refractivity contribution < 1.29 is 9.59 Å².